The topological polar surface area (TPSA) is 46.5 Å². The van der Waals surface area contributed by atoms with Crippen LogP contribution in [0.1, 0.15) is 32.1 Å². The summed E-state index contributed by atoms with van der Waals surface area (Å²) >= 11 is 5.18. The third kappa shape index (κ3) is 4.41. The predicted molar refractivity (Wildman–Crippen MR) is 58.5 cm³/mol. The number of carbonyl (C=O) groups excluding carboxylic acids is 2. The van der Waals surface area contributed by atoms with Crippen LogP contribution in [0.3, 0.4) is 0 Å². The van der Waals surface area contributed by atoms with Crippen LogP contribution in [0, 0.1) is 5.92 Å². The smallest absolute Gasteiger partial charge is 0.244 e. The van der Waals surface area contributed by atoms with E-state index in [9.17, 15) is 9.59 Å². The molecular weight excluding hydrogens is 214 g/mol. The molecule has 0 bridgehead atoms. The second-order valence-corrected chi connectivity index (χ2v) is 4.15. The average molecular weight is 228 g/mol. The highest BCUT2D eigenvalue weighted by molar-refractivity contribution is 6.66. The molecule has 0 amide bonds. The second kappa shape index (κ2) is 6.54. The van der Waals surface area contributed by atoms with Crippen LogP contribution in [0.5, 0.6) is 0 Å². The van der Waals surface area contributed by atoms with Crippen LogP contribution < -0.4 is 0 Å². The van der Waals surface area contributed by atoms with Crippen LogP contribution >= 0.6 is 11.6 Å². The first-order valence-electron chi connectivity index (χ1n) is 5.17. The van der Waals surface area contributed by atoms with Gasteiger partial charge in [0.15, 0.2) is 0 Å². The van der Waals surface area contributed by atoms with Crippen molar-refractivity contribution in [1.29, 1.82) is 0 Å². The molecule has 3 nitrogen and oxygen atoms in total. The van der Waals surface area contributed by atoms with Crippen molar-refractivity contribution in [2.24, 2.45) is 10.9 Å². The Balaban J connectivity index is 2.49. The maximum Gasteiger partial charge on any atom is 0.244 e. The van der Waals surface area contributed by atoms with Gasteiger partial charge in [-0.2, -0.15) is 0 Å². The maximum atomic E-state index is 10.5. The van der Waals surface area contributed by atoms with Crippen LogP contribution in [0.2, 0.25) is 0 Å². The highest BCUT2D eigenvalue weighted by Crippen LogP contribution is 2.29. The Hall–Kier alpha value is -0.920. The summed E-state index contributed by atoms with van der Waals surface area (Å²) in [5, 5.41) is -0.457. The Labute approximate surface area is 94.2 Å². The molecule has 1 rings (SSSR count). The Morgan fingerprint density at radius 1 is 1.47 bits per heavy atom. The van der Waals surface area contributed by atoms with Crippen molar-refractivity contribution in [3.63, 3.8) is 0 Å². The van der Waals surface area contributed by atoms with E-state index in [1.165, 1.54) is 6.08 Å². The van der Waals surface area contributed by atoms with E-state index in [1.807, 2.05) is 0 Å². The van der Waals surface area contributed by atoms with Gasteiger partial charge in [-0.15, -0.1) is 0 Å². The van der Waals surface area contributed by atoms with Gasteiger partial charge in [0.2, 0.25) is 11.3 Å². The molecule has 82 valence electrons. The summed E-state index contributed by atoms with van der Waals surface area (Å²) in [4.78, 5) is 24.5. The SMILES string of the molecule is O=C=NC1CCCCC1CC=CC(=O)Cl. The zero-order valence-corrected chi connectivity index (χ0v) is 9.24. The Bertz CT molecular complexity index is 295. The molecule has 4 heteroatoms. The number of nitrogens with zero attached hydrogens (tertiary/aromatic N) is 1. The molecule has 15 heavy (non-hydrogen) atoms. The van der Waals surface area contributed by atoms with E-state index >= 15 is 0 Å². The molecule has 0 aromatic heterocycles. The molecule has 1 fully saturated rings. The van der Waals surface area contributed by atoms with Crippen molar-refractivity contribution in [1.82, 2.24) is 0 Å². The molecule has 0 saturated heterocycles. The van der Waals surface area contributed by atoms with E-state index in [1.54, 1.807) is 12.2 Å². The van der Waals surface area contributed by atoms with Crippen LogP contribution in [0.15, 0.2) is 17.1 Å². The maximum absolute atomic E-state index is 10.5. The van der Waals surface area contributed by atoms with E-state index in [-0.39, 0.29) is 6.04 Å². The molecular formula is C11H14ClNO2. The van der Waals surface area contributed by atoms with Gasteiger partial charge in [-0.05, 0) is 42.9 Å². The van der Waals surface area contributed by atoms with E-state index < -0.39 is 5.24 Å². The third-order valence-electron chi connectivity index (χ3n) is 2.78. The van der Waals surface area contributed by atoms with Crippen molar-refractivity contribution in [3.8, 4) is 0 Å². The number of isocyanates is 1. The standard InChI is InChI=1S/C11H14ClNO2/c12-11(15)7-3-5-9-4-1-2-6-10(9)13-8-14/h3,7,9-10H,1-2,4-6H2. The van der Waals surface area contributed by atoms with Gasteiger partial charge in [-0.3, -0.25) is 4.79 Å². The molecule has 0 radical (unpaired) electrons. The second-order valence-electron chi connectivity index (χ2n) is 3.77. The van der Waals surface area contributed by atoms with E-state index in [0.717, 1.165) is 32.1 Å². The first kappa shape index (κ1) is 12.2. The number of hydrogen-bond donors (Lipinski definition) is 0. The lowest BCUT2D eigenvalue weighted by atomic mass is 9.83. The van der Waals surface area contributed by atoms with Crippen LogP contribution in [-0.4, -0.2) is 17.4 Å². The Kier molecular flexibility index (Phi) is 5.30. The summed E-state index contributed by atoms with van der Waals surface area (Å²) in [5.41, 5.74) is 0. The van der Waals surface area contributed by atoms with Gasteiger partial charge in [0.05, 0.1) is 6.04 Å². The van der Waals surface area contributed by atoms with Gasteiger partial charge >= 0.3 is 0 Å². The molecule has 2 unspecified atom stereocenters. The normalized spacial score (nSPS) is 26.2. The van der Waals surface area contributed by atoms with Gasteiger partial charge in [-0.25, -0.2) is 9.79 Å². The van der Waals surface area contributed by atoms with Gasteiger partial charge in [0.25, 0.3) is 0 Å². The van der Waals surface area contributed by atoms with Crippen molar-refractivity contribution in [2.45, 2.75) is 38.1 Å². The van der Waals surface area contributed by atoms with Gasteiger partial charge < -0.3 is 0 Å². The largest absolute Gasteiger partial charge is 0.276 e. The molecule has 1 aliphatic carbocycles. The minimum absolute atomic E-state index is 0.0753. The number of hydrogen-bond acceptors (Lipinski definition) is 3. The average Bonchev–Trinajstić information content (AvgIpc) is 2.20. The minimum atomic E-state index is -0.457. The molecule has 1 aliphatic rings. The number of rotatable bonds is 4. The van der Waals surface area contributed by atoms with Gasteiger partial charge in [0.1, 0.15) is 0 Å². The van der Waals surface area contributed by atoms with E-state index in [0.29, 0.717) is 5.92 Å². The van der Waals surface area contributed by atoms with Crippen molar-refractivity contribution >= 4 is 22.9 Å². The monoisotopic (exact) mass is 227 g/mol. The van der Waals surface area contributed by atoms with Crippen molar-refractivity contribution in [2.75, 3.05) is 0 Å². The summed E-state index contributed by atoms with van der Waals surface area (Å²) in [6.07, 6.45) is 9.78. The molecule has 0 heterocycles. The minimum Gasteiger partial charge on any atom is -0.276 e. The number of halogens is 1. The number of carbonyl (C=O) groups is 1. The summed E-state index contributed by atoms with van der Waals surface area (Å²) in [7, 11) is 0. The summed E-state index contributed by atoms with van der Waals surface area (Å²) in [6, 6.07) is 0.0753. The van der Waals surface area contributed by atoms with Gasteiger partial charge in [0, 0.05) is 0 Å². The first-order chi connectivity index (χ1) is 7.24. The molecule has 2 atom stereocenters. The van der Waals surface area contributed by atoms with Gasteiger partial charge in [-0.1, -0.05) is 18.9 Å². The highest BCUT2D eigenvalue weighted by Gasteiger charge is 2.23. The van der Waals surface area contributed by atoms with Crippen LogP contribution in [0.4, 0.5) is 0 Å². The Morgan fingerprint density at radius 2 is 2.20 bits per heavy atom. The van der Waals surface area contributed by atoms with Crippen LogP contribution in [0.25, 0.3) is 0 Å². The zero-order chi connectivity index (χ0) is 11.1. The zero-order valence-electron chi connectivity index (χ0n) is 8.49. The van der Waals surface area contributed by atoms with E-state index in [4.69, 9.17) is 11.6 Å². The first-order valence-corrected chi connectivity index (χ1v) is 5.55. The molecule has 0 spiro atoms. The van der Waals surface area contributed by atoms with Crippen molar-refractivity contribution < 1.29 is 9.59 Å². The lowest BCUT2D eigenvalue weighted by molar-refractivity contribution is -0.107. The summed E-state index contributed by atoms with van der Waals surface area (Å²) in [5.74, 6) is 0.354. The Morgan fingerprint density at radius 3 is 2.87 bits per heavy atom. The molecule has 0 aromatic rings. The fourth-order valence-corrected chi connectivity index (χ4v) is 2.13. The highest BCUT2D eigenvalue weighted by atomic mass is 35.5. The van der Waals surface area contributed by atoms with E-state index in [2.05, 4.69) is 4.99 Å². The lowest BCUT2D eigenvalue weighted by Crippen LogP contribution is -2.22. The van der Waals surface area contributed by atoms with Crippen LogP contribution in [-0.2, 0) is 9.59 Å². The lowest BCUT2D eigenvalue weighted by Gasteiger charge is -2.26. The fourth-order valence-electron chi connectivity index (χ4n) is 2.04. The molecule has 0 aromatic carbocycles. The number of aliphatic imine (C=N–C) groups is 1. The van der Waals surface area contributed by atoms with Crippen molar-refractivity contribution in [3.05, 3.63) is 12.2 Å². The summed E-state index contributed by atoms with van der Waals surface area (Å²) in [6.45, 7) is 0. The predicted octanol–water partition coefficient (Wildman–Crippen LogP) is 2.59. The fraction of sp³-hybridized carbons (Fsp3) is 0.636. The molecule has 0 N–H and O–H groups in total. The number of allylic oxidation sites excluding steroid dienone is 2. The summed E-state index contributed by atoms with van der Waals surface area (Å²) < 4.78 is 0. The molecule has 0 aliphatic heterocycles. The third-order valence-corrected chi connectivity index (χ3v) is 2.90. The quantitative estimate of drug-likeness (QED) is 0.321. The molecule has 1 saturated carbocycles.